The van der Waals surface area contributed by atoms with E-state index in [1.165, 1.54) is 12.8 Å². The summed E-state index contributed by atoms with van der Waals surface area (Å²) in [4.78, 5) is 36.7. The molecule has 0 spiro atoms. The van der Waals surface area contributed by atoms with Crippen LogP contribution in [-0.4, -0.2) is 80.6 Å². The lowest BCUT2D eigenvalue weighted by Gasteiger charge is -2.31. The molecule has 0 rings (SSSR count). The number of unbranched alkanes of at least 4 members (excludes halogenated alkanes) is 7. The summed E-state index contributed by atoms with van der Waals surface area (Å²) in [5, 5.41) is 9.58. The van der Waals surface area contributed by atoms with Gasteiger partial charge in [-0.15, -0.1) is 0 Å². The maximum atomic E-state index is 12.6. The maximum absolute atomic E-state index is 12.6. The predicted molar refractivity (Wildman–Crippen MR) is 210 cm³/mol. The van der Waals surface area contributed by atoms with Crippen molar-refractivity contribution < 1.29 is 38.2 Å². The second kappa shape index (κ2) is 33.9. The molecule has 0 radical (unpaired) electrons. The first-order valence-electron chi connectivity index (χ1n) is 19.5. The Morgan fingerprint density at radius 1 is 0.608 bits per heavy atom. The number of esters is 2. The van der Waals surface area contributed by atoms with Crippen molar-refractivity contribution in [3.05, 3.63) is 72.9 Å². The van der Waals surface area contributed by atoms with E-state index in [1.54, 1.807) is 0 Å². The van der Waals surface area contributed by atoms with Gasteiger partial charge in [0.1, 0.15) is 6.61 Å². The topological polar surface area (TPSA) is 99.1 Å². The SMILES string of the molecule is CC/C=C\C/C=C\C/C=C\C/C=C\C/C=C\CCCC(=O)OC(COCCC(C(=O)O)[N+](C)(C)C)COC(=O)CCCCCCC/C=C\CCC. The summed E-state index contributed by atoms with van der Waals surface area (Å²) in [5.74, 6) is -1.57. The molecule has 2 unspecified atom stereocenters. The number of likely N-dealkylation sites (N-methyl/N-ethyl adjacent to an activating group) is 1. The molecule has 0 aliphatic rings. The monoisotopic (exact) mass is 715 g/mol. The fraction of sp³-hybridized carbons (Fsp3) is 0.651. The highest BCUT2D eigenvalue weighted by molar-refractivity contribution is 5.72. The first-order valence-corrected chi connectivity index (χ1v) is 19.5. The number of quaternary nitrogens is 1. The summed E-state index contributed by atoms with van der Waals surface area (Å²) < 4.78 is 17.1. The van der Waals surface area contributed by atoms with Gasteiger partial charge < -0.3 is 23.8 Å². The number of allylic oxidation sites excluding steroid dienone is 12. The summed E-state index contributed by atoms with van der Waals surface area (Å²) in [5.41, 5.74) is 0. The molecule has 0 saturated heterocycles. The van der Waals surface area contributed by atoms with Gasteiger partial charge in [0.25, 0.3) is 0 Å². The van der Waals surface area contributed by atoms with Crippen molar-refractivity contribution >= 4 is 17.9 Å². The van der Waals surface area contributed by atoms with Gasteiger partial charge in [-0.05, 0) is 70.6 Å². The van der Waals surface area contributed by atoms with Crippen molar-refractivity contribution in [1.82, 2.24) is 0 Å². The van der Waals surface area contributed by atoms with Gasteiger partial charge in [-0.1, -0.05) is 112 Å². The Labute approximate surface area is 311 Å². The Hall–Kier alpha value is -3.23. The summed E-state index contributed by atoms with van der Waals surface area (Å²) in [6, 6.07) is -0.627. The lowest BCUT2D eigenvalue weighted by molar-refractivity contribution is -0.887. The van der Waals surface area contributed by atoms with Crippen molar-refractivity contribution in [2.75, 3.05) is 41.0 Å². The molecule has 8 nitrogen and oxygen atoms in total. The molecule has 0 aromatic rings. The minimum atomic E-state index is -0.890. The van der Waals surface area contributed by atoms with Gasteiger partial charge in [-0.25, -0.2) is 4.79 Å². The van der Waals surface area contributed by atoms with Crippen LogP contribution < -0.4 is 0 Å². The predicted octanol–water partition coefficient (Wildman–Crippen LogP) is 10.0. The van der Waals surface area contributed by atoms with Crippen LogP contribution in [0.2, 0.25) is 0 Å². The second-order valence-electron chi connectivity index (χ2n) is 13.8. The Kier molecular flexibility index (Phi) is 31.7. The third kappa shape index (κ3) is 32.4. The standard InChI is InChI=1S/C43H71NO7/c1-6-8-10-12-14-16-18-19-20-21-22-23-24-26-28-30-32-34-42(46)51-39(37-49-36-35-40(43(47)48)44(3,4)5)38-50-41(45)33-31-29-27-25-17-15-13-11-9-7-2/h8,10-11,13-14,16,19-20,22-23,26,28,39-40H,6-7,9,12,15,17-18,21,24-25,27,29-38H2,1-5H3/p+1/b10-8-,13-11-,16-14-,20-19-,23-22-,28-26-. The van der Waals surface area contributed by atoms with Crippen LogP contribution in [0.5, 0.6) is 0 Å². The Morgan fingerprint density at radius 3 is 1.71 bits per heavy atom. The summed E-state index contributed by atoms with van der Waals surface area (Å²) in [6.07, 6.45) is 41.0. The molecule has 51 heavy (non-hydrogen) atoms. The third-order valence-electron chi connectivity index (χ3n) is 8.07. The molecule has 0 aliphatic carbocycles. The van der Waals surface area contributed by atoms with E-state index in [9.17, 15) is 19.5 Å². The minimum Gasteiger partial charge on any atom is -0.477 e. The van der Waals surface area contributed by atoms with Crippen molar-refractivity contribution in [3.8, 4) is 0 Å². The number of aliphatic carboxylic acids is 1. The highest BCUT2D eigenvalue weighted by atomic mass is 16.6. The number of carbonyl (C=O) groups excluding carboxylic acids is 2. The molecule has 0 saturated carbocycles. The zero-order valence-electron chi connectivity index (χ0n) is 32.8. The fourth-order valence-electron chi connectivity index (χ4n) is 5.07. The largest absolute Gasteiger partial charge is 0.477 e. The molecule has 8 heteroatoms. The number of ether oxygens (including phenoxy) is 3. The molecule has 0 heterocycles. The van der Waals surface area contributed by atoms with Crippen molar-refractivity contribution in [2.24, 2.45) is 0 Å². The Morgan fingerprint density at radius 2 is 1.12 bits per heavy atom. The van der Waals surface area contributed by atoms with E-state index in [1.807, 2.05) is 21.1 Å². The summed E-state index contributed by atoms with van der Waals surface area (Å²) >= 11 is 0. The lowest BCUT2D eigenvalue weighted by Crippen LogP contribution is -2.50. The van der Waals surface area contributed by atoms with Crippen molar-refractivity contribution in [2.45, 2.75) is 142 Å². The average Bonchev–Trinajstić information content (AvgIpc) is 3.08. The summed E-state index contributed by atoms with van der Waals surface area (Å²) in [7, 11) is 5.48. The van der Waals surface area contributed by atoms with Crippen LogP contribution >= 0.6 is 0 Å². The second-order valence-corrected chi connectivity index (χ2v) is 13.8. The molecule has 0 fully saturated rings. The fourth-order valence-corrected chi connectivity index (χ4v) is 5.07. The maximum Gasteiger partial charge on any atom is 0.362 e. The molecular weight excluding hydrogens is 642 g/mol. The molecule has 0 aromatic heterocycles. The van der Waals surface area contributed by atoms with Crippen LogP contribution in [0.1, 0.15) is 129 Å². The number of carboxylic acids is 1. The van der Waals surface area contributed by atoms with E-state index in [0.29, 0.717) is 19.3 Å². The minimum absolute atomic E-state index is 0.0317. The van der Waals surface area contributed by atoms with Crippen molar-refractivity contribution in [1.29, 1.82) is 0 Å². The van der Waals surface area contributed by atoms with Gasteiger partial charge >= 0.3 is 17.9 Å². The van der Waals surface area contributed by atoms with Crippen LogP contribution in [0.25, 0.3) is 0 Å². The van der Waals surface area contributed by atoms with Gasteiger partial charge in [0, 0.05) is 19.3 Å². The van der Waals surface area contributed by atoms with Crippen LogP contribution in [0.4, 0.5) is 0 Å². The van der Waals surface area contributed by atoms with E-state index in [2.05, 4.69) is 86.8 Å². The van der Waals surface area contributed by atoms with E-state index >= 15 is 0 Å². The highest BCUT2D eigenvalue weighted by Crippen LogP contribution is 2.11. The Balaban J connectivity index is 4.54. The number of rotatable bonds is 33. The van der Waals surface area contributed by atoms with E-state index in [0.717, 1.165) is 77.0 Å². The molecule has 0 bridgehead atoms. The number of nitrogens with zero attached hydrogens (tertiary/aromatic N) is 1. The third-order valence-corrected chi connectivity index (χ3v) is 8.07. The Bertz CT molecular complexity index is 1060. The first kappa shape index (κ1) is 47.8. The quantitative estimate of drug-likeness (QED) is 0.0313. The smallest absolute Gasteiger partial charge is 0.362 e. The van der Waals surface area contributed by atoms with E-state index in [4.69, 9.17) is 14.2 Å². The average molecular weight is 715 g/mol. The van der Waals surface area contributed by atoms with Crippen LogP contribution in [0.15, 0.2) is 72.9 Å². The molecule has 0 aliphatic heterocycles. The van der Waals surface area contributed by atoms with Gasteiger partial charge in [0.15, 0.2) is 12.1 Å². The van der Waals surface area contributed by atoms with Gasteiger partial charge in [-0.2, -0.15) is 0 Å². The number of carbonyl (C=O) groups is 3. The van der Waals surface area contributed by atoms with Crippen LogP contribution in [0.3, 0.4) is 0 Å². The zero-order valence-corrected chi connectivity index (χ0v) is 32.8. The number of hydrogen-bond acceptors (Lipinski definition) is 6. The molecule has 0 amide bonds. The van der Waals surface area contributed by atoms with Gasteiger partial charge in [0.2, 0.25) is 0 Å². The zero-order chi connectivity index (χ0) is 37.8. The summed E-state index contributed by atoms with van der Waals surface area (Å²) in [6.45, 7) is 4.46. The van der Waals surface area contributed by atoms with Gasteiger partial charge in [0.05, 0.1) is 34.4 Å². The number of carboxylic acid groups (broad SMARTS) is 1. The van der Waals surface area contributed by atoms with Crippen LogP contribution in [-0.2, 0) is 28.6 Å². The normalized spacial score (nSPS) is 13.8. The van der Waals surface area contributed by atoms with Crippen molar-refractivity contribution in [3.63, 3.8) is 0 Å². The van der Waals surface area contributed by atoms with E-state index < -0.39 is 18.1 Å². The molecule has 2 atom stereocenters. The molecule has 0 aromatic carbocycles. The molecule has 1 N–H and O–H groups in total. The van der Waals surface area contributed by atoms with Gasteiger partial charge in [-0.3, -0.25) is 9.59 Å². The number of hydrogen-bond donors (Lipinski definition) is 1. The molecule has 290 valence electrons. The highest BCUT2D eigenvalue weighted by Gasteiger charge is 2.31. The first-order chi connectivity index (χ1) is 24.6. The van der Waals surface area contributed by atoms with Crippen LogP contribution in [0, 0.1) is 0 Å². The molecular formula is C43H72NO7+. The van der Waals surface area contributed by atoms with E-state index in [-0.39, 0.29) is 42.7 Å². The lowest BCUT2D eigenvalue weighted by atomic mass is 10.1.